The fourth-order valence-electron chi connectivity index (χ4n) is 2.33. The monoisotopic (exact) mass is 317 g/mol. The Morgan fingerprint density at radius 1 is 1.25 bits per heavy atom. The summed E-state index contributed by atoms with van der Waals surface area (Å²) in [6, 6.07) is 12.8. The molecule has 0 aliphatic heterocycles. The van der Waals surface area contributed by atoms with Gasteiger partial charge in [0.15, 0.2) is 0 Å². The zero-order valence-corrected chi connectivity index (χ0v) is 13.2. The molecule has 0 amide bonds. The minimum absolute atomic E-state index is 0.238. The maximum Gasteiger partial charge on any atom is 0.347 e. The van der Waals surface area contributed by atoms with Crippen molar-refractivity contribution in [2.24, 2.45) is 0 Å². The summed E-state index contributed by atoms with van der Waals surface area (Å²) in [6.07, 6.45) is 8.69. The second-order valence-electron chi connectivity index (χ2n) is 5.21. The highest BCUT2D eigenvalue weighted by molar-refractivity contribution is 5.78. The lowest BCUT2D eigenvalue weighted by Gasteiger charge is -2.06. The number of aryl methyl sites for hydroxylation is 1. The Bertz CT molecular complexity index is 1010. The molecule has 0 unspecified atom stereocenters. The van der Waals surface area contributed by atoms with E-state index in [1.54, 1.807) is 24.3 Å². The first-order chi connectivity index (χ1) is 11.7. The van der Waals surface area contributed by atoms with Gasteiger partial charge in [-0.25, -0.2) is 9.78 Å². The van der Waals surface area contributed by atoms with Gasteiger partial charge in [0.25, 0.3) is 0 Å². The molecule has 0 aliphatic rings. The smallest absolute Gasteiger partial charge is 0.347 e. The van der Waals surface area contributed by atoms with Crippen molar-refractivity contribution in [2.75, 3.05) is 6.61 Å². The standard InChI is InChI=1S/C20H15NO3/c1-3-12-23-18-10-8-15(13-14(18)2)9-11-19-21-17-7-5-4-6-16(17)20(22)24-19/h1,4-11,13H,12H2,2H3/b11-9+. The highest BCUT2D eigenvalue weighted by Gasteiger charge is 2.03. The number of hydrogen-bond donors (Lipinski definition) is 0. The molecule has 0 bridgehead atoms. The summed E-state index contributed by atoms with van der Waals surface area (Å²) in [5.41, 5.74) is 2.13. The molecule has 1 aromatic heterocycles. The predicted molar refractivity (Wildman–Crippen MR) is 94.7 cm³/mol. The number of benzene rings is 2. The third kappa shape index (κ3) is 3.36. The molecule has 0 saturated heterocycles. The largest absolute Gasteiger partial charge is 0.481 e. The van der Waals surface area contributed by atoms with Crippen molar-refractivity contribution in [1.82, 2.24) is 4.98 Å². The van der Waals surface area contributed by atoms with Gasteiger partial charge in [-0.05, 0) is 48.4 Å². The molecule has 0 fully saturated rings. The maximum atomic E-state index is 11.9. The van der Waals surface area contributed by atoms with Crippen molar-refractivity contribution in [3.63, 3.8) is 0 Å². The number of nitrogens with zero attached hydrogens (tertiary/aromatic N) is 1. The Kier molecular flexibility index (Phi) is 4.44. The lowest BCUT2D eigenvalue weighted by atomic mass is 10.1. The van der Waals surface area contributed by atoms with Crippen molar-refractivity contribution >= 4 is 23.1 Å². The number of fused-ring (bicyclic) bond motifs is 1. The van der Waals surface area contributed by atoms with Gasteiger partial charge in [0.05, 0.1) is 10.9 Å². The normalized spacial score (nSPS) is 10.8. The molecule has 0 saturated carbocycles. The molecule has 118 valence electrons. The molecule has 0 aliphatic carbocycles. The van der Waals surface area contributed by atoms with E-state index in [0.717, 1.165) is 16.9 Å². The number of terminal acetylenes is 1. The summed E-state index contributed by atoms with van der Waals surface area (Å²) in [5, 5.41) is 0.473. The Balaban J connectivity index is 1.87. The Labute approximate surface area is 139 Å². The van der Waals surface area contributed by atoms with Crippen molar-refractivity contribution < 1.29 is 9.15 Å². The molecule has 3 rings (SSSR count). The quantitative estimate of drug-likeness (QED) is 0.689. The molecule has 0 spiro atoms. The van der Waals surface area contributed by atoms with E-state index in [1.807, 2.05) is 37.3 Å². The van der Waals surface area contributed by atoms with Crippen LogP contribution in [0.5, 0.6) is 5.75 Å². The van der Waals surface area contributed by atoms with Crippen LogP contribution in [0, 0.1) is 19.3 Å². The summed E-state index contributed by atoms with van der Waals surface area (Å²) in [6.45, 7) is 2.18. The summed E-state index contributed by atoms with van der Waals surface area (Å²) in [7, 11) is 0. The third-order valence-corrected chi connectivity index (χ3v) is 3.48. The van der Waals surface area contributed by atoms with Crippen LogP contribution in [0.4, 0.5) is 0 Å². The van der Waals surface area contributed by atoms with Crippen LogP contribution in [0.25, 0.3) is 23.1 Å². The first-order valence-corrected chi connectivity index (χ1v) is 7.42. The van der Waals surface area contributed by atoms with Crippen LogP contribution < -0.4 is 10.4 Å². The van der Waals surface area contributed by atoms with Gasteiger partial charge in [-0.1, -0.05) is 24.1 Å². The van der Waals surface area contributed by atoms with Crippen LogP contribution in [-0.2, 0) is 0 Å². The molecular weight excluding hydrogens is 302 g/mol. The van der Waals surface area contributed by atoms with E-state index in [4.69, 9.17) is 15.6 Å². The SMILES string of the molecule is C#CCOc1ccc(/C=C/c2nc3ccccc3c(=O)o2)cc1C. The van der Waals surface area contributed by atoms with Gasteiger partial charge < -0.3 is 9.15 Å². The number of aromatic nitrogens is 1. The zero-order valence-electron chi connectivity index (χ0n) is 13.2. The van der Waals surface area contributed by atoms with E-state index in [9.17, 15) is 4.79 Å². The molecule has 4 nitrogen and oxygen atoms in total. The lowest BCUT2D eigenvalue weighted by Crippen LogP contribution is -2.02. The fourth-order valence-corrected chi connectivity index (χ4v) is 2.33. The van der Waals surface area contributed by atoms with Gasteiger partial charge in [-0.2, -0.15) is 0 Å². The van der Waals surface area contributed by atoms with E-state index < -0.39 is 5.63 Å². The van der Waals surface area contributed by atoms with E-state index in [1.165, 1.54) is 0 Å². The van der Waals surface area contributed by atoms with Gasteiger partial charge in [0.2, 0.25) is 5.89 Å². The number of rotatable bonds is 4. The van der Waals surface area contributed by atoms with E-state index in [-0.39, 0.29) is 12.5 Å². The van der Waals surface area contributed by atoms with Crippen LogP contribution >= 0.6 is 0 Å². The van der Waals surface area contributed by atoms with E-state index in [2.05, 4.69) is 10.9 Å². The summed E-state index contributed by atoms with van der Waals surface area (Å²) in [4.78, 5) is 16.3. The van der Waals surface area contributed by atoms with Gasteiger partial charge >= 0.3 is 5.63 Å². The van der Waals surface area contributed by atoms with E-state index >= 15 is 0 Å². The van der Waals surface area contributed by atoms with Gasteiger partial charge in [-0.15, -0.1) is 6.42 Å². The van der Waals surface area contributed by atoms with Crippen LogP contribution in [0.15, 0.2) is 51.7 Å². The molecule has 0 N–H and O–H groups in total. The molecular formula is C20H15NO3. The third-order valence-electron chi connectivity index (χ3n) is 3.48. The van der Waals surface area contributed by atoms with Crippen molar-refractivity contribution in [3.05, 3.63) is 69.9 Å². The zero-order chi connectivity index (χ0) is 16.9. The molecule has 4 heteroatoms. The summed E-state index contributed by atoms with van der Waals surface area (Å²) >= 11 is 0. The first-order valence-electron chi connectivity index (χ1n) is 7.42. The number of para-hydroxylation sites is 1. The maximum absolute atomic E-state index is 11.9. The molecule has 0 radical (unpaired) electrons. The molecule has 1 heterocycles. The van der Waals surface area contributed by atoms with E-state index in [0.29, 0.717) is 10.9 Å². The predicted octanol–water partition coefficient (Wildman–Crippen LogP) is 3.68. The molecule has 3 aromatic rings. The highest BCUT2D eigenvalue weighted by atomic mass is 16.5. The Morgan fingerprint density at radius 3 is 2.88 bits per heavy atom. The molecule has 0 atom stereocenters. The summed E-state index contributed by atoms with van der Waals surface area (Å²) in [5.74, 6) is 3.46. The topological polar surface area (TPSA) is 52.3 Å². The van der Waals surface area contributed by atoms with Gasteiger partial charge in [0, 0.05) is 6.08 Å². The van der Waals surface area contributed by atoms with Gasteiger partial charge in [-0.3, -0.25) is 0 Å². The second-order valence-corrected chi connectivity index (χ2v) is 5.21. The minimum atomic E-state index is -0.394. The second kappa shape index (κ2) is 6.84. The first kappa shape index (κ1) is 15.6. The molecule has 24 heavy (non-hydrogen) atoms. The Morgan fingerprint density at radius 2 is 2.08 bits per heavy atom. The Hall–Kier alpha value is -3.32. The summed E-state index contributed by atoms with van der Waals surface area (Å²) < 4.78 is 10.7. The average Bonchev–Trinajstić information content (AvgIpc) is 2.59. The van der Waals surface area contributed by atoms with Gasteiger partial charge in [0.1, 0.15) is 12.4 Å². The van der Waals surface area contributed by atoms with Crippen LogP contribution in [0.1, 0.15) is 17.0 Å². The van der Waals surface area contributed by atoms with Crippen molar-refractivity contribution in [1.29, 1.82) is 0 Å². The minimum Gasteiger partial charge on any atom is -0.481 e. The highest BCUT2D eigenvalue weighted by Crippen LogP contribution is 2.20. The lowest BCUT2D eigenvalue weighted by molar-refractivity contribution is 0.368. The van der Waals surface area contributed by atoms with Crippen molar-refractivity contribution in [2.45, 2.75) is 6.92 Å². The average molecular weight is 317 g/mol. The molecule has 2 aromatic carbocycles. The van der Waals surface area contributed by atoms with Crippen molar-refractivity contribution in [3.8, 4) is 18.1 Å². The van der Waals surface area contributed by atoms with Crippen LogP contribution in [0.3, 0.4) is 0 Å². The van der Waals surface area contributed by atoms with Crippen LogP contribution in [0.2, 0.25) is 0 Å². The fraction of sp³-hybridized carbons (Fsp3) is 0.100. The number of ether oxygens (including phenoxy) is 1. The van der Waals surface area contributed by atoms with Crippen LogP contribution in [-0.4, -0.2) is 11.6 Å². The number of hydrogen-bond acceptors (Lipinski definition) is 4.